The van der Waals surface area contributed by atoms with Gasteiger partial charge in [-0.2, -0.15) is 0 Å². The summed E-state index contributed by atoms with van der Waals surface area (Å²) in [5.74, 6) is 0. The van der Waals surface area contributed by atoms with Gasteiger partial charge in [0.05, 0.1) is 0 Å². The normalized spacial score (nSPS) is 19.1. The minimum Gasteiger partial charge on any atom is -0.381 e. The smallest absolute Gasteiger partial charge is 0.0409 e. The van der Waals surface area contributed by atoms with Crippen molar-refractivity contribution in [2.45, 2.75) is 19.0 Å². The highest BCUT2D eigenvalue weighted by Gasteiger charge is 2.22. The van der Waals surface area contributed by atoms with Crippen LogP contribution in [-0.4, -0.2) is 24.0 Å². The first kappa shape index (κ1) is 13.5. The second-order valence-corrected chi connectivity index (χ2v) is 5.80. The highest BCUT2D eigenvalue weighted by atomic mass is 35.5. The number of halogens is 1. The van der Waals surface area contributed by atoms with Crippen LogP contribution in [0.5, 0.6) is 0 Å². The zero-order valence-corrected chi connectivity index (χ0v) is 12.2. The molecule has 1 N–H and O–H groups in total. The first-order valence-corrected chi connectivity index (χ1v) is 7.46. The molecule has 3 rings (SSSR count). The Kier molecular flexibility index (Phi) is 4.24. The lowest BCUT2D eigenvalue weighted by atomic mass is 10.2. The summed E-state index contributed by atoms with van der Waals surface area (Å²) >= 11 is 6.04. The van der Waals surface area contributed by atoms with Gasteiger partial charge >= 0.3 is 0 Å². The topological polar surface area (TPSA) is 15.3 Å². The van der Waals surface area contributed by atoms with Crippen molar-refractivity contribution in [1.29, 1.82) is 0 Å². The number of nitrogens with one attached hydrogen (secondary N) is 1. The first-order valence-electron chi connectivity index (χ1n) is 7.08. The van der Waals surface area contributed by atoms with Crippen molar-refractivity contribution in [1.82, 2.24) is 4.90 Å². The zero-order valence-electron chi connectivity index (χ0n) is 11.4. The second-order valence-electron chi connectivity index (χ2n) is 5.36. The molecule has 2 aromatic rings. The number of benzene rings is 2. The Labute approximate surface area is 125 Å². The lowest BCUT2D eigenvalue weighted by molar-refractivity contribution is 0.328. The van der Waals surface area contributed by atoms with Crippen LogP contribution in [0.4, 0.5) is 5.69 Å². The summed E-state index contributed by atoms with van der Waals surface area (Å²) in [5, 5.41) is 4.42. The molecule has 1 fully saturated rings. The Morgan fingerprint density at radius 1 is 1.10 bits per heavy atom. The van der Waals surface area contributed by atoms with E-state index < -0.39 is 0 Å². The minimum absolute atomic E-state index is 0.539. The Morgan fingerprint density at radius 2 is 1.95 bits per heavy atom. The van der Waals surface area contributed by atoms with Crippen LogP contribution in [0.2, 0.25) is 5.02 Å². The maximum atomic E-state index is 6.04. The molecule has 1 aliphatic rings. The molecule has 1 heterocycles. The maximum absolute atomic E-state index is 6.04. The molecule has 0 spiro atoms. The molecule has 0 aliphatic carbocycles. The molecule has 0 radical (unpaired) electrons. The molecule has 1 atom stereocenters. The van der Waals surface area contributed by atoms with Crippen molar-refractivity contribution >= 4 is 17.3 Å². The van der Waals surface area contributed by atoms with Gasteiger partial charge in [-0.15, -0.1) is 0 Å². The number of hydrogen-bond acceptors (Lipinski definition) is 2. The average molecular weight is 287 g/mol. The number of likely N-dealkylation sites (tertiary alicyclic amines) is 1. The largest absolute Gasteiger partial charge is 0.381 e. The molecule has 0 bridgehead atoms. The maximum Gasteiger partial charge on any atom is 0.0409 e. The van der Waals surface area contributed by atoms with Gasteiger partial charge in [-0.3, -0.25) is 4.90 Å². The molecule has 2 aromatic carbocycles. The summed E-state index contributed by atoms with van der Waals surface area (Å²) in [5.41, 5.74) is 2.50. The van der Waals surface area contributed by atoms with Gasteiger partial charge in [-0.05, 0) is 36.2 Å². The summed E-state index contributed by atoms with van der Waals surface area (Å²) in [7, 11) is 0. The van der Waals surface area contributed by atoms with E-state index in [9.17, 15) is 0 Å². The van der Waals surface area contributed by atoms with Crippen LogP contribution in [0.15, 0.2) is 54.6 Å². The van der Waals surface area contributed by atoms with E-state index in [-0.39, 0.29) is 0 Å². The fourth-order valence-corrected chi connectivity index (χ4v) is 2.97. The Bertz CT molecular complexity index is 556. The van der Waals surface area contributed by atoms with Gasteiger partial charge in [-0.1, -0.05) is 41.9 Å². The molecule has 1 aliphatic heterocycles. The van der Waals surface area contributed by atoms with Crippen LogP contribution < -0.4 is 5.32 Å². The number of para-hydroxylation sites is 1. The van der Waals surface area contributed by atoms with Gasteiger partial charge in [0, 0.05) is 36.4 Å². The van der Waals surface area contributed by atoms with E-state index in [2.05, 4.69) is 46.6 Å². The van der Waals surface area contributed by atoms with Crippen molar-refractivity contribution < 1.29 is 0 Å². The minimum atomic E-state index is 0.539. The molecule has 0 saturated carbocycles. The summed E-state index contributed by atoms with van der Waals surface area (Å²) in [6, 6.07) is 19.1. The fourth-order valence-electron chi connectivity index (χ4n) is 2.76. The van der Waals surface area contributed by atoms with Crippen LogP contribution >= 0.6 is 11.6 Å². The lowest BCUT2D eigenvalue weighted by Gasteiger charge is -2.17. The highest BCUT2D eigenvalue weighted by Crippen LogP contribution is 2.19. The first-order chi connectivity index (χ1) is 9.79. The molecule has 20 heavy (non-hydrogen) atoms. The molecule has 0 aromatic heterocycles. The Balaban J connectivity index is 1.54. The van der Waals surface area contributed by atoms with Gasteiger partial charge < -0.3 is 5.32 Å². The molecular weight excluding hydrogens is 268 g/mol. The van der Waals surface area contributed by atoms with Crippen molar-refractivity contribution in [3.05, 3.63) is 65.2 Å². The summed E-state index contributed by atoms with van der Waals surface area (Å²) in [6.45, 7) is 3.20. The van der Waals surface area contributed by atoms with Gasteiger partial charge in [0.2, 0.25) is 0 Å². The standard InChI is InChI=1S/C17H19ClN2/c18-15-6-4-5-14(11-15)12-20-10-9-17(13-20)19-16-7-2-1-3-8-16/h1-8,11,17,19H,9-10,12-13H2. The van der Waals surface area contributed by atoms with E-state index >= 15 is 0 Å². The highest BCUT2D eigenvalue weighted by molar-refractivity contribution is 6.30. The van der Waals surface area contributed by atoms with Crippen LogP contribution in [0.25, 0.3) is 0 Å². The van der Waals surface area contributed by atoms with Crippen molar-refractivity contribution in [2.75, 3.05) is 18.4 Å². The number of nitrogens with zero attached hydrogens (tertiary/aromatic N) is 1. The third-order valence-corrected chi connectivity index (χ3v) is 3.95. The van der Waals surface area contributed by atoms with Gasteiger partial charge in [0.1, 0.15) is 0 Å². The average Bonchev–Trinajstić information content (AvgIpc) is 2.87. The molecule has 104 valence electrons. The van der Waals surface area contributed by atoms with Crippen molar-refractivity contribution in [3.8, 4) is 0 Å². The van der Waals surface area contributed by atoms with Crippen LogP contribution in [0, 0.1) is 0 Å². The van der Waals surface area contributed by atoms with Gasteiger partial charge in [0.15, 0.2) is 0 Å². The van der Waals surface area contributed by atoms with E-state index in [1.165, 1.54) is 17.7 Å². The van der Waals surface area contributed by atoms with E-state index in [1.54, 1.807) is 0 Å². The Morgan fingerprint density at radius 3 is 2.75 bits per heavy atom. The predicted molar refractivity (Wildman–Crippen MR) is 85.2 cm³/mol. The number of anilines is 1. The summed E-state index contributed by atoms with van der Waals surface area (Å²) < 4.78 is 0. The van der Waals surface area contributed by atoms with E-state index in [0.29, 0.717) is 6.04 Å². The van der Waals surface area contributed by atoms with Gasteiger partial charge in [-0.25, -0.2) is 0 Å². The predicted octanol–water partition coefficient (Wildman–Crippen LogP) is 4.03. The van der Waals surface area contributed by atoms with Crippen molar-refractivity contribution in [3.63, 3.8) is 0 Å². The number of rotatable bonds is 4. The van der Waals surface area contributed by atoms with E-state index in [4.69, 9.17) is 11.6 Å². The van der Waals surface area contributed by atoms with Crippen LogP contribution in [0.3, 0.4) is 0 Å². The fraction of sp³-hybridized carbons (Fsp3) is 0.294. The van der Waals surface area contributed by atoms with Gasteiger partial charge in [0.25, 0.3) is 0 Å². The van der Waals surface area contributed by atoms with Crippen LogP contribution in [-0.2, 0) is 6.54 Å². The lowest BCUT2D eigenvalue weighted by Crippen LogP contribution is -2.25. The monoisotopic (exact) mass is 286 g/mol. The third-order valence-electron chi connectivity index (χ3n) is 3.71. The molecular formula is C17H19ClN2. The third kappa shape index (κ3) is 3.53. The summed E-state index contributed by atoms with van der Waals surface area (Å²) in [4.78, 5) is 2.48. The van der Waals surface area contributed by atoms with E-state index in [0.717, 1.165) is 24.7 Å². The SMILES string of the molecule is Clc1cccc(CN2CCC(Nc3ccccc3)C2)c1. The zero-order chi connectivity index (χ0) is 13.8. The molecule has 1 unspecified atom stereocenters. The van der Waals surface area contributed by atoms with E-state index in [1.807, 2.05) is 18.2 Å². The second kappa shape index (κ2) is 6.29. The summed E-state index contributed by atoms with van der Waals surface area (Å²) in [6.07, 6.45) is 1.19. The number of hydrogen-bond donors (Lipinski definition) is 1. The van der Waals surface area contributed by atoms with Crippen LogP contribution in [0.1, 0.15) is 12.0 Å². The molecule has 2 nitrogen and oxygen atoms in total. The quantitative estimate of drug-likeness (QED) is 0.913. The Hall–Kier alpha value is -1.51. The van der Waals surface area contributed by atoms with Crippen molar-refractivity contribution in [2.24, 2.45) is 0 Å². The molecule has 1 saturated heterocycles. The molecule has 3 heteroatoms. The molecule has 0 amide bonds.